The van der Waals surface area contributed by atoms with E-state index in [-0.39, 0.29) is 0 Å². The Bertz CT molecular complexity index is 205. The van der Waals surface area contributed by atoms with Crippen molar-refractivity contribution >= 4 is 0 Å². The van der Waals surface area contributed by atoms with Gasteiger partial charge in [-0.3, -0.25) is 0 Å². The van der Waals surface area contributed by atoms with Crippen LogP contribution < -0.4 is 0 Å². The fourth-order valence-corrected chi connectivity index (χ4v) is 2.68. The fraction of sp³-hybridized carbons (Fsp3) is 0.846. The number of rotatable bonds is 3. The average Bonchev–Trinajstić information content (AvgIpc) is 2.31. The maximum Gasteiger partial charge on any atom is 0.0110 e. The summed E-state index contributed by atoms with van der Waals surface area (Å²) >= 11 is 0. The lowest BCUT2D eigenvalue weighted by atomic mass is 9.94. The van der Waals surface area contributed by atoms with Crippen molar-refractivity contribution in [3.63, 3.8) is 0 Å². The van der Waals surface area contributed by atoms with Gasteiger partial charge in [0.1, 0.15) is 0 Å². The van der Waals surface area contributed by atoms with E-state index >= 15 is 0 Å². The molecule has 2 aliphatic rings. The van der Waals surface area contributed by atoms with Gasteiger partial charge < -0.3 is 9.80 Å². The monoisotopic (exact) mass is 208 g/mol. The van der Waals surface area contributed by atoms with Crippen LogP contribution in [0.3, 0.4) is 0 Å². The Morgan fingerprint density at radius 3 is 2.40 bits per heavy atom. The molecule has 2 rings (SSSR count). The zero-order chi connectivity index (χ0) is 10.5. The van der Waals surface area contributed by atoms with Crippen LogP contribution >= 0.6 is 0 Å². The van der Waals surface area contributed by atoms with Gasteiger partial charge in [-0.2, -0.15) is 0 Å². The second kappa shape index (κ2) is 5.66. The van der Waals surface area contributed by atoms with Crippen molar-refractivity contribution in [1.29, 1.82) is 0 Å². The van der Waals surface area contributed by atoms with E-state index < -0.39 is 0 Å². The zero-order valence-corrected chi connectivity index (χ0v) is 9.99. The average molecular weight is 208 g/mol. The van der Waals surface area contributed by atoms with Gasteiger partial charge >= 0.3 is 0 Å². The molecule has 0 N–H and O–H groups in total. The maximum absolute atomic E-state index is 2.66. The van der Waals surface area contributed by atoms with Gasteiger partial charge in [0.15, 0.2) is 0 Å². The van der Waals surface area contributed by atoms with Crippen molar-refractivity contribution in [1.82, 2.24) is 9.80 Å². The molecule has 1 heterocycles. The molecule has 0 bridgehead atoms. The molecule has 1 atom stereocenters. The van der Waals surface area contributed by atoms with Crippen LogP contribution in [0.15, 0.2) is 12.2 Å². The lowest BCUT2D eigenvalue weighted by Crippen LogP contribution is -2.47. The normalized spacial score (nSPS) is 29.5. The number of hydrogen-bond donors (Lipinski definition) is 0. The van der Waals surface area contributed by atoms with Gasteiger partial charge in [0.05, 0.1) is 0 Å². The quantitative estimate of drug-likeness (QED) is 0.654. The molecule has 2 nitrogen and oxygen atoms in total. The Kier molecular flexibility index (Phi) is 4.21. The Hall–Kier alpha value is -0.340. The molecule has 1 aliphatic carbocycles. The molecule has 1 fully saturated rings. The van der Waals surface area contributed by atoms with Crippen molar-refractivity contribution in [3.8, 4) is 0 Å². The Morgan fingerprint density at radius 2 is 1.80 bits per heavy atom. The summed E-state index contributed by atoms with van der Waals surface area (Å²) in [7, 11) is 0. The van der Waals surface area contributed by atoms with Crippen molar-refractivity contribution in [3.05, 3.63) is 12.2 Å². The molecule has 0 amide bonds. The van der Waals surface area contributed by atoms with E-state index in [1.165, 1.54) is 58.5 Å². The van der Waals surface area contributed by atoms with Gasteiger partial charge in [-0.05, 0) is 31.7 Å². The van der Waals surface area contributed by atoms with Crippen molar-refractivity contribution < 1.29 is 0 Å². The molecule has 0 radical (unpaired) electrons. The molecule has 1 saturated heterocycles. The van der Waals surface area contributed by atoms with Gasteiger partial charge in [-0.15, -0.1) is 0 Å². The summed E-state index contributed by atoms with van der Waals surface area (Å²) in [6.07, 6.45) is 8.74. The van der Waals surface area contributed by atoms with Crippen LogP contribution in [0.1, 0.15) is 26.2 Å². The van der Waals surface area contributed by atoms with Crippen molar-refractivity contribution in [2.75, 3.05) is 39.3 Å². The summed E-state index contributed by atoms with van der Waals surface area (Å²) in [6, 6.07) is 0. The third kappa shape index (κ3) is 3.32. The second-order valence-corrected chi connectivity index (χ2v) is 4.89. The van der Waals surface area contributed by atoms with Crippen LogP contribution in [0.25, 0.3) is 0 Å². The van der Waals surface area contributed by atoms with Crippen LogP contribution in [-0.2, 0) is 0 Å². The molecular weight excluding hydrogens is 184 g/mol. The van der Waals surface area contributed by atoms with Crippen molar-refractivity contribution in [2.24, 2.45) is 5.92 Å². The Balaban J connectivity index is 1.69. The molecule has 0 aromatic carbocycles. The van der Waals surface area contributed by atoms with E-state index in [4.69, 9.17) is 0 Å². The van der Waals surface area contributed by atoms with E-state index in [0.717, 1.165) is 5.92 Å². The predicted molar refractivity (Wildman–Crippen MR) is 65.0 cm³/mol. The third-order valence-corrected chi connectivity index (χ3v) is 3.81. The van der Waals surface area contributed by atoms with Gasteiger partial charge in [0.25, 0.3) is 0 Å². The minimum Gasteiger partial charge on any atom is -0.301 e. The largest absolute Gasteiger partial charge is 0.301 e. The highest BCUT2D eigenvalue weighted by atomic mass is 15.3. The Morgan fingerprint density at radius 1 is 1.07 bits per heavy atom. The highest BCUT2D eigenvalue weighted by Crippen LogP contribution is 2.19. The number of nitrogens with zero attached hydrogens (tertiary/aromatic N) is 2. The molecule has 0 aromatic rings. The van der Waals surface area contributed by atoms with E-state index in [1.54, 1.807) is 0 Å². The first-order chi connectivity index (χ1) is 7.38. The van der Waals surface area contributed by atoms with E-state index in [2.05, 4.69) is 28.9 Å². The topological polar surface area (TPSA) is 6.48 Å². The molecule has 0 spiro atoms. The van der Waals surface area contributed by atoms with Crippen molar-refractivity contribution in [2.45, 2.75) is 26.2 Å². The number of likely N-dealkylation sites (N-methyl/N-ethyl adjacent to an activating group) is 1. The maximum atomic E-state index is 2.66. The summed E-state index contributed by atoms with van der Waals surface area (Å²) in [4.78, 5) is 5.22. The highest BCUT2D eigenvalue weighted by molar-refractivity contribution is 4.91. The first-order valence-electron chi connectivity index (χ1n) is 6.48. The number of piperazine rings is 1. The van der Waals surface area contributed by atoms with E-state index in [1.807, 2.05) is 0 Å². The molecule has 0 aromatic heterocycles. The first-order valence-corrected chi connectivity index (χ1v) is 6.48. The van der Waals surface area contributed by atoms with Crippen LogP contribution in [0.2, 0.25) is 0 Å². The van der Waals surface area contributed by atoms with Crippen LogP contribution in [0.5, 0.6) is 0 Å². The molecule has 86 valence electrons. The lowest BCUT2D eigenvalue weighted by Gasteiger charge is -2.36. The minimum atomic E-state index is 0.933. The molecule has 15 heavy (non-hydrogen) atoms. The van der Waals surface area contributed by atoms with Gasteiger partial charge in [0.2, 0.25) is 0 Å². The summed E-state index contributed by atoms with van der Waals surface area (Å²) in [6.45, 7) is 9.95. The smallest absolute Gasteiger partial charge is 0.0110 e. The first kappa shape index (κ1) is 11.2. The standard InChI is InChI=1S/C13H24N2/c1-2-14-8-10-15(11-9-14)12-13-6-4-3-5-7-13/h3-4,13H,2,5-12H2,1H3/t13-/m1/s1. The van der Waals surface area contributed by atoms with E-state index in [0.29, 0.717) is 0 Å². The van der Waals surface area contributed by atoms with E-state index in [9.17, 15) is 0 Å². The van der Waals surface area contributed by atoms with Crippen LogP contribution in [-0.4, -0.2) is 49.1 Å². The van der Waals surface area contributed by atoms with Gasteiger partial charge in [-0.25, -0.2) is 0 Å². The highest BCUT2D eigenvalue weighted by Gasteiger charge is 2.19. The molecular formula is C13H24N2. The minimum absolute atomic E-state index is 0.933. The molecule has 1 aliphatic heterocycles. The number of allylic oxidation sites excluding steroid dienone is 2. The predicted octanol–water partition coefficient (Wildman–Crippen LogP) is 1.98. The fourth-order valence-electron chi connectivity index (χ4n) is 2.68. The summed E-state index contributed by atoms with van der Waals surface area (Å²) in [5.41, 5.74) is 0. The summed E-state index contributed by atoms with van der Waals surface area (Å²) in [5.74, 6) is 0.933. The SMILES string of the molecule is CCN1CCN(C[C@@H]2CC=CCC2)CC1. The zero-order valence-electron chi connectivity index (χ0n) is 9.99. The van der Waals surface area contributed by atoms with Crippen LogP contribution in [0.4, 0.5) is 0 Å². The molecule has 0 saturated carbocycles. The van der Waals surface area contributed by atoms with Crippen LogP contribution in [0, 0.1) is 5.92 Å². The second-order valence-electron chi connectivity index (χ2n) is 4.89. The molecule has 0 unspecified atom stereocenters. The third-order valence-electron chi connectivity index (χ3n) is 3.81. The summed E-state index contributed by atoms with van der Waals surface area (Å²) in [5, 5.41) is 0. The summed E-state index contributed by atoms with van der Waals surface area (Å²) < 4.78 is 0. The van der Waals surface area contributed by atoms with Gasteiger partial charge in [-0.1, -0.05) is 19.1 Å². The lowest BCUT2D eigenvalue weighted by molar-refractivity contribution is 0.120. The Labute approximate surface area is 93.9 Å². The van der Waals surface area contributed by atoms with Gasteiger partial charge in [0, 0.05) is 32.7 Å². The molecule has 2 heteroatoms. The number of hydrogen-bond acceptors (Lipinski definition) is 2.